The Morgan fingerprint density at radius 2 is 2.14 bits per heavy atom. The lowest BCUT2D eigenvalue weighted by Crippen LogP contribution is -2.12. The van der Waals surface area contributed by atoms with Gasteiger partial charge in [-0.25, -0.2) is 13.6 Å². The molecule has 0 aliphatic heterocycles. The number of aromatic nitrogens is 2. The highest BCUT2D eigenvalue weighted by atomic mass is 35.5. The lowest BCUT2D eigenvalue weighted by Gasteiger charge is -2.09. The number of alkyl halides is 2. The molecule has 0 saturated heterocycles. The number of rotatable bonds is 5. The van der Waals surface area contributed by atoms with Crippen LogP contribution in [0.5, 0.6) is 0 Å². The van der Waals surface area contributed by atoms with Crippen molar-refractivity contribution in [2.24, 2.45) is 0 Å². The van der Waals surface area contributed by atoms with Gasteiger partial charge in [-0.15, -0.1) is 0 Å². The zero-order valence-electron chi connectivity index (χ0n) is 11.2. The largest absolute Gasteiger partial charge is 0.462 e. The van der Waals surface area contributed by atoms with Crippen LogP contribution in [-0.4, -0.2) is 22.4 Å². The first-order chi connectivity index (χ1) is 10.0. The van der Waals surface area contributed by atoms with E-state index in [1.54, 1.807) is 31.2 Å². The molecule has 0 N–H and O–H groups in total. The van der Waals surface area contributed by atoms with E-state index in [2.05, 4.69) is 5.10 Å². The summed E-state index contributed by atoms with van der Waals surface area (Å²) in [5.41, 5.74) is -0.0492. The van der Waals surface area contributed by atoms with Gasteiger partial charge in [0.1, 0.15) is 11.3 Å². The number of nitrogens with zero attached hydrogens (tertiary/aromatic N) is 2. The van der Waals surface area contributed by atoms with Crippen LogP contribution in [0.25, 0.3) is 0 Å². The van der Waals surface area contributed by atoms with Crippen LogP contribution in [0.2, 0.25) is 5.02 Å². The van der Waals surface area contributed by atoms with Gasteiger partial charge >= 0.3 is 5.97 Å². The first-order valence-corrected chi connectivity index (χ1v) is 6.66. The molecule has 0 spiro atoms. The summed E-state index contributed by atoms with van der Waals surface area (Å²) in [5, 5.41) is 4.30. The lowest BCUT2D eigenvalue weighted by molar-refractivity contribution is 0.0513. The summed E-state index contributed by atoms with van der Waals surface area (Å²) < 4.78 is 32.3. The Balaban J connectivity index is 2.36. The van der Waals surface area contributed by atoms with Gasteiger partial charge in [0, 0.05) is 5.02 Å². The maximum Gasteiger partial charge on any atom is 0.341 e. The van der Waals surface area contributed by atoms with E-state index in [0.29, 0.717) is 10.6 Å². The fourth-order valence-electron chi connectivity index (χ4n) is 1.91. The van der Waals surface area contributed by atoms with Crippen molar-refractivity contribution in [2.45, 2.75) is 19.9 Å². The van der Waals surface area contributed by atoms with Crippen LogP contribution in [0.4, 0.5) is 8.78 Å². The number of hydrogen-bond donors (Lipinski definition) is 0. The zero-order valence-corrected chi connectivity index (χ0v) is 12.0. The van der Waals surface area contributed by atoms with E-state index in [-0.39, 0.29) is 18.7 Å². The minimum Gasteiger partial charge on any atom is -0.462 e. The van der Waals surface area contributed by atoms with Gasteiger partial charge in [0.15, 0.2) is 0 Å². The van der Waals surface area contributed by atoms with Crippen LogP contribution in [0.15, 0.2) is 30.5 Å². The van der Waals surface area contributed by atoms with Crippen molar-refractivity contribution in [2.75, 3.05) is 6.61 Å². The molecule has 0 aliphatic carbocycles. The fraction of sp³-hybridized carbons (Fsp3) is 0.286. The molecule has 1 aromatic heterocycles. The SMILES string of the molecule is CCOC(=O)c1cnn(Cc2ccccc2Cl)c1C(F)F. The van der Waals surface area contributed by atoms with Gasteiger partial charge in [0.05, 0.1) is 19.3 Å². The highest BCUT2D eigenvalue weighted by Gasteiger charge is 2.25. The number of benzene rings is 1. The van der Waals surface area contributed by atoms with Gasteiger partial charge in [0.2, 0.25) is 0 Å². The summed E-state index contributed by atoms with van der Waals surface area (Å²) in [6.45, 7) is 1.77. The molecular weight excluding hydrogens is 302 g/mol. The Kier molecular flexibility index (Phi) is 4.90. The molecule has 0 aliphatic rings. The smallest absolute Gasteiger partial charge is 0.341 e. The van der Waals surface area contributed by atoms with Crippen LogP contribution in [0, 0.1) is 0 Å². The maximum atomic E-state index is 13.2. The molecule has 1 aromatic carbocycles. The Morgan fingerprint density at radius 1 is 1.43 bits per heavy atom. The van der Waals surface area contributed by atoms with Gasteiger partial charge in [-0.3, -0.25) is 4.68 Å². The number of hydrogen-bond acceptors (Lipinski definition) is 3. The Hall–Kier alpha value is -1.95. The maximum absolute atomic E-state index is 13.2. The van der Waals surface area contributed by atoms with E-state index in [4.69, 9.17) is 16.3 Å². The minimum absolute atomic E-state index is 0.0543. The Morgan fingerprint density at radius 3 is 2.76 bits per heavy atom. The van der Waals surface area contributed by atoms with Crippen LogP contribution >= 0.6 is 11.6 Å². The number of carbonyl (C=O) groups is 1. The molecule has 2 rings (SSSR count). The second-order valence-electron chi connectivity index (χ2n) is 4.21. The van der Waals surface area contributed by atoms with Gasteiger partial charge in [-0.2, -0.15) is 5.10 Å². The molecule has 0 atom stereocenters. The summed E-state index contributed by atoms with van der Waals surface area (Å²) in [6.07, 6.45) is -1.74. The summed E-state index contributed by atoms with van der Waals surface area (Å²) in [5.74, 6) is -0.807. The summed E-state index contributed by atoms with van der Waals surface area (Å²) >= 11 is 6.00. The van der Waals surface area contributed by atoms with Gasteiger partial charge < -0.3 is 4.74 Å². The standard InChI is InChI=1S/C14H13ClF2N2O2/c1-2-21-14(20)10-7-18-19(12(10)13(16)17)8-9-5-3-4-6-11(9)15/h3-7,13H,2,8H2,1H3. The normalized spacial score (nSPS) is 10.9. The van der Waals surface area contributed by atoms with Crippen molar-refractivity contribution in [3.8, 4) is 0 Å². The van der Waals surface area contributed by atoms with Crippen LogP contribution in [-0.2, 0) is 11.3 Å². The molecule has 0 bridgehead atoms. The first-order valence-electron chi connectivity index (χ1n) is 6.29. The third kappa shape index (κ3) is 3.39. The Labute approximate surface area is 125 Å². The van der Waals surface area contributed by atoms with E-state index in [9.17, 15) is 13.6 Å². The quantitative estimate of drug-likeness (QED) is 0.790. The molecule has 0 fully saturated rings. The third-order valence-electron chi connectivity index (χ3n) is 2.86. The van der Waals surface area contributed by atoms with Gasteiger partial charge in [-0.05, 0) is 18.6 Å². The average Bonchev–Trinajstić information content (AvgIpc) is 2.85. The highest BCUT2D eigenvalue weighted by Crippen LogP contribution is 2.25. The van der Waals surface area contributed by atoms with Crippen LogP contribution < -0.4 is 0 Å². The van der Waals surface area contributed by atoms with E-state index in [1.807, 2.05) is 0 Å². The number of carbonyl (C=O) groups excluding carboxylic acids is 1. The predicted molar refractivity (Wildman–Crippen MR) is 73.7 cm³/mol. The lowest BCUT2D eigenvalue weighted by atomic mass is 10.2. The molecular formula is C14H13ClF2N2O2. The number of halogens is 3. The number of ether oxygens (including phenoxy) is 1. The predicted octanol–water partition coefficient (Wildman–Crippen LogP) is 3.70. The van der Waals surface area contributed by atoms with Gasteiger partial charge in [0.25, 0.3) is 6.43 Å². The van der Waals surface area contributed by atoms with Crippen LogP contribution in [0.3, 0.4) is 0 Å². The van der Waals surface area contributed by atoms with E-state index < -0.39 is 18.1 Å². The summed E-state index contributed by atoms with van der Waals surface area (Å²) in [4.78, 5) is 11.7. The van der Waals surface area contributed by atoms with Crippen molar-refractivity contribution in [1.82, 2.24) is 9.78 Å². The van der Waals surface area contributed by atoms with Crippen molar-refractivity contribution < 1.29 is 18.3 Å². The minimum atomic E-state index is -2.84. The van der Waals surface area contributed by atoms with Crippen molar-refractivity contribution >= 4 is 17.6 Å². The fourth-order valence-corrected chi connectivity index (χ4v) is 2.10. The van der Waals surface area contributed by atoms with E-state index >= 15 is 0 Å². The topological polar surface area (TPSA) is 44.1 Å². The monoisotopic (exact) mass is 314 g/mol. The molecule has 0 unspecified atom stereocenters. The molecule has 4 nitrogen and oxygen atoms in total. The molecule has 0 amide bonds. The number of esters is 1. The average molecular weight is 315 g/mol. The van der Waals surface area contributed by atoms with Crippen molar-refractivity contribution in [3.05, 3.63) is 52.3 Å². The first kappa shape index (κ1) is 15.4. The molecule has 21 heavy (non-hydrogen) atoms. The Bertz CT molecular complexity index is 644. The van der Waals surface area contributed by atoms with Gasteiger partial charge in [-0.1, -0.05) is 29.8 Å². The van der Waals surface area contributed by atoms with E-state index in [0.717, 1.165) is 10.9 Å². The van der Waals surface area contributed by atoms with Crippen molar-refractivity contribution in [3.63, 3.8) is 0 Å². The third-order valence-corrected chi connectivity index (χ3v) is 3.23. The van der Waals surface area contributed by atoms with E-state index in [1.165, 1.54) is 0 Å². The summed E-state index contributed by atoms with van der Waals surface area (Å²) in [6, 6.07) is 6.87. The molecule has 0 saturated carbocycles. The van der Waals surface area contributed by atoms with Crippen molar-refractivity contribution in [1.29, 1.82) is 0 Å². The molecule has 112 valence electrons. The molecule has 1 heterocycles. The molecule has 2 aromatic rings. The highest BCUT2D eigenvalue weighted by molar-refractivity contribution is 6.31. The molecule has 0 radical (unpaired) electrons. The second kappa shape index (κ2) is 6.67. The zero-order chi connectivity index (χ0) is 15.4. The summed E-state index contributed by atoms with van der Waals surface area (Å²) in [7, 11) is 0. The second-order valence-corrected chi connectivity index (χ2v) is 4.62. The molecule has 7 heteroatoms. The van der Waals surface area contributed by atoms with Crippen LogP contribution in [0.1, 0.15) is 35.0 Å².